The average molecular weight is 420 g/mol. The van der Waals surface area contributed by atoms with Gasteiger partial charge in [0.15, 0.2) is 6.61 Å². The number of morpholine rings is 1. The van der Waals surface area contributed by atoms with E-state index in [1.54, 1.807) is 0 Å². The molecule has 1 heterocycles. The van der Waals surface area contributed by atoms with Crippen LogP contribution in [0, 0.1) is 0 Å². The molecule has 1 atom stereocenters. The Labute approximate surface area is 162 Å². The summed E-state index contributed by atoms with van der Waals surface area (Å²) in [7, 11) is 0. The number of carbonyl (C=O) groups is 1. The first-order chi connectivity index (χ1) is 12.7. The van der Waals surface area contributed by atoms with Crippen LogP contribution in [-0.4, -0.2) is 45.4 Å². The van der Waals surface area contributed by atoms with Gasteiger partial charge in [-0.05, 0) is 29.8 Å². The predicted molar refractivity (Wildman–Crippen MR) is 103 cm³/mol. The van der Waals surface area contributed by atoms with Gasteiger partial charge in [0.2, 0.25) is 0 Å². The monoisotopic (exact) mass is 419 g/mol. The fourth-order valence-corrected chi connectivity index (χ4v) is 3.27. The highest BCUT2D eigenvalue weighted by atomic mass is 79.9. The molecule has 138 valence electrons. The second-order valence-corrected chi connectivity index (χ2v) is 7.26. The number of ether oxygens (including phenoxy) is 2. The van der Waals surface area contributed by atoms with E-state index >= 15 is 0 Å². The normalized spacial score (nSPS) is 16.0. The standard InChI is InChI=1S/C20H23BrN2O3/c21-17-6-8-18(9-7-17)26-15-20(24)22-19(16-4-2-1-3-5-16)14-23-10-12-25-13-11-23/h1-9,19H,10-15H2,(H,22,24)/p+1/t19-/m1/s1. The molecule has 2 aromatic rings. The molecule has 0 saturated carbocycles. The third kappa shape index (κ3) is 5.83. The van der Waals surface area contributed by atoms with E-state index in [2.05, 4.69) is 33.4 Å². The first-order valence-corrected chi connectivity index (χ1v) is 9.64. The maximum Gasteiger partial charge on any atom is 0.258 e. The van der Waals surface area contributed by atoms with Crippen molar-refractivity contribution in [3.05, 3.63) is 64.6 Å². The molecule has 5 nitrogen and oxygen atoms in total. The van der Waals surface area contributed by atoms with Gasteiger partial charge in [-0.2, -0.15) is 0 Å². The van der Waals surface area contributed by atoms with Crippen LogP contribution in [0.4, 0.5) is 0 Å². The number of hydrogen-bond acceptors (Lipinski definition) is 3. The van der Waals surface area contributed by atoms with Crippen molar-refractivity contribution in [3.63, 3.8) is 0 Å². The Morgan fingerprint density at radius 1 is 1.12 bits per heavy atom. The Hall–Kier alpha value is -1.89. The molecular weight excluding hydrogens is 396 g/mol. The van der Waals surface area contributed by atoms with Crippen molar-refractivity contribution >= 4 is 21.8 Å². The van der Waals surface area contributed by atoms with Gasteiger partial charge in [0.1, 0.15) is 31.4 Å². The predicted octanol–water partition coefficient (Wildman–Crippen LogP) is 1.60. The summed E-state index contributed by atoms with van der Waals surface area (Å²) in [6.07, 6.45) is 0. The lowest BCUT2D eigenvalue weighted by Crippen LogP contribution is -3.14. The fraction of sp³-hybridized carbons (Fsp3) is 0.350. The molecule has 0 unspecified atom stereocenters. The van der Waals surface area contributed by atoms with Crippen LogP contribution in [-0.2, 0) is 9.53 Å². The third-order valence-corrected chi connectivity index (χ3v) is 4.94. The zero-order valence-corrected chi connectivity index (χ0v) is 16.2. The molecule has 1 amide bonds. The summed E-state index contributed by atoms with van der Waals surface area (Å²) in [5, 5.41) is 3.13. The Kier molecular flexibility index (Phi) is 7.05. The van der Waals surface area contributed by atoms with Gasteiger partial charge in [-0.15, -0.1) is 0 Å². The first kappa shape index (κ1) is 18.9. The summed E-state index contributed by atoms with van der Waals surface area (Å²) in [6.45, 7) is 4.33. The van der Waals surface area contributed by atoms with Gasteiger partial charge >= 0.3 is 0 Å². The van der Waals surface area contributed by atoms with E-state index in [1.807, 2.05) is 42.5 Å². The van der Waals surface area contributed by atoms with Crippen molar-refractivity contribution in [2.24, 2.45) is 0 Å². The molecule has 1 aliphatic heterocycles. The van der Waals surface area contributed by atoms with Gasteiger partial charge in [-0.25, -0.2) is 0 Å². The van der Waals surface area contributed by atoms with E-state index in [0.29, 0.717) is 5.75 Å². The van der Waals surface area contributed by atoms with Crippen LogP contribution in [0.5, 0.6) is 5.75 Å². The Bertz CT molecular complexity index is 688. The first-order valence-electron chi connectivity index (χ1n) is 8.85. The fourth-order valence-electron chi connectivity index (χ4n) is 3.01. The largest absolute Gasteiger partial charge is 0.484 e. The minimum atomic E-state index is -0.116. The highest BCUT2D eigenvalue weighted by Gasteiger charge is 2.23. The van der Waals surface area contributed by atoms with Gasteiger partial charge in [0.05, 0.1) is 13.2 Å². The van der Waals surface area contributed by atoms with E-state index in [4.69, 9.17) is 9.47 Å². The van der Waals surface area contributed by atoms with Crippen molar-refractivity contribution in [2.75, 3.05) is 39.5 Å². The highest BCUT2D eigenvalue weighted by Crippen LogP contribution is 2.16. The number of nitrogens with one attached hydrogen (secondary N) is 2. The number of carbonyl (C=O) groups excluding carboxylic acids is 1. The molecule has 2 N–H and O–H groups in total. The topological polar surface area (TPSA) is 52.0 Å². The summed E-state index contributed by atoms with van der Waals surface area (Å²) in [5.41, 5.74) is 1.11. The van der Waals surface area contributed by atoms with Gasteiger partial charge in [-0.1, -0.05) is 46.3 Å². The number of rotatable bonds is 7. The second kappa shape index (κ2) is 9.71. The van der Waals surface area contributed by atoms with Crippen molar-refractivity contribution in [1.29, 1.82) is 0 Å². The molecule has 1 aliphatic rings. The summed E-state index contributed by atoms with van der Waals surface area (Å²) in [6, 6.07) is 17.5. The van der Waals surface area contributed by atoms with E-state index in [-0.39, 0.29) is 18.6 Å². The van der Waals surface area contributed by atoms with E-state index < -0.39 is 0 Å². The van der Waals surface area contributed by atoms with Crippen LogP contribution in [0.3, 0.4) is 0 Å². The molecule has 0 bridgehead atoms. The number of halogens is 1. The molecule has 1 saturated heterocycles. The van der Waals surface area contributed by atoms with Crippen LogP contribution in [0.25, 0.3) is 0 Å². The SMILES string of the molecule is O=C(COc1ccc(Br)cc1)N[C@H](C[NH+]1CCOCC1)c1ccccc1. The van der Waals surface area contributed by atoms with Gasteiger partial charge in [-0.3, -0.25) is 4.79 Å². The molecule has 1 fully saturated rings. The van der Waals surface area contributed by atoms with Crippen LogP contribution in [0.2, 0.25) is 0 Å². The molecule has 2 aromatic carbocycles. The maximum atomic E-state index is 12.4. The quantitative estimate of drug-likeness (QED) is 0.716. The van der Waals surface area contributed by atoms with Gasteiger partial charge < -0.3 is 19.7 Å². The average Bonchev–Trinajstić information content (AvgIpc) is 2.68. The van der Waals surface area contributed by atoms with Crippen molar-refractivity contribution in [2.45, 2.75) is 6.04 Å². The second-order valence-electron chi connectivity index (χ2n) is 6.34. The number of hydrogen-bond donors (Lipinski definition) is 2. The molecule has 0 aliphatic carbocycles. The van der Waals surface area contributed by atoms with Crippen molar-refractivity contribution in [3.8, 4) is 5.75 Å². The van der Waals surface area contributed by atoms with Crippen molar-refractivity contribution < 1.29 is 19.2 Å². The van der Waals surface area contributed by atoms with E-state index in [1.165, 1.54) is 4.90 Å². The minimum absolute atomic E-state index is 0.00338. The molecule has 0 radical (unpaired) electrons. The van der Waals surface area contributed by atoms with Gasteiger partial charge in [0.25, 0.3) is 5.91 Å². The molecule has 6 heteroatoms. The molecule has 26 heavy (non-hydrogen) atoms. The Morgan fingerprint density at radius 3 is 2.50 bits per heavy atom. The molecule has 0 spiro atoms. The van der Waals surface area contributed by atoms with Crippen LogP contribution >= 0.6 is 15.9 Å². The molecular formula is C20H24BrN2O3+. The Balaban J connectivity index is 1.58. The van der Waals surface area contributed by atoms with Gasteiger partial charge in [0, 0.05) is 4.47 Å². The van der Waals surface area contributed by atoms with Crippen LogP contribution < -0.4 is 15.0 Å². The van der Waals surface area contributed by atoms with Crippen LogP contribution in [0.1, 0.15) is 11.6 Å². The highest BCUT2D eigenvalue weighted by molar-refractivity contribution is 9.10. The summed E-state index contributed by atoms with van der Waals surface area (Å²) >= 11 is 3.39. The third-order valence-electron chi connectivity index (χ3n) is 4.41. The van der Waals surface area contributed by atoms with Crippen LogP contribution in [0.15, 0.2) is 59.1 Å². The molecule has 3 rings (SSSR count). The smallest absolute Gasteiger partial charge is 0.258 e. The van der Waals surface area contributed by atoms with Crippen molar-refractivity contribution in [1.82, 2.24) is 5.32 Å². The number of quaternary nitrogens is 1. The summed E-state index contributed by atoms with van der Waals surface area (Å²) in [5.74, 6) is 0.563. The maximum absolute atomic E-state index is 12.4. The lowest BCUT2D eigenvalue weighted by molar-refractivity contribution is -0.909. The Morgan fingerprint density at radius 2 is 1.81 bits per heavy atom. The minimum Gasteiger partial charge on any atom is -0.484 e. The number of benzene rings is 2. The lowest BCUT2D eigenvalue weighted by atomic mass is 10.1. The van der Waals surface area contributed by atoms with E-state index in [0.717, 1.165) is 42.9 Å². The lowest BCUT2D eigenvalue weighted by Gasteiger charge is -2.28. The molecule has 0 aromatic heterocycles. The van der Waals surface area contributed by atoms with E-state index in [9.17, 15) is 4.79 Å². The zero-order valence-electron chi connectivity index (χ0n) is 14.6. The number of amides is 1. The summed E-state index contributed by atoms with van der Waals surface area (Å²) in [4.78, 5) is 13.9. The zero-order chi connectivity index (χ0) is 18.2. The summed E-state index contributed by atoms with van der Waals surface area (Å²) < 4.78 is 12.0.